The monoisotopic (exact) mass is 163 g/mol. The van der Waals surface area contributed by atoms with Crippen molar-refractivity contribution in [1.29, 1.82) is 5.39 Å². The van der Waals surface area contributed by atoms with Gasteiger partial charge in [-0.25, -0.2) is 4.79 Å². The van der Waals surface area contributed by atoms with Crippen LogP contribution in [0.3, 0.4) is 0 Å². The molecule has 5 nitrogen and oxygen atoms in total. The molecule has 0 aromatic heterocycles. The molecule has 0 bridgehead atoms. The van der Waals surface area contributed by atoms with E-state index in [1.807, 2.05) is 0 Å². The first-order chi connectivity index (χ1) is 5.75. The Morgan fingerprint density at radius 2 is 2.00 bits per heavy atom. The fraction of sp³-hybridized carbons (Fsp3) is 0. The molecule has 60 valence electrons. The molecule has 0 heterocycles. The molecule has 2 N–H and O–H groups in total. The number of carbonyl (C=O) groups is 1. The number of carbonyl (C=O) groups excluding carboxylic acids is 1. The van der Waals surface area contributed by atoms with Crippen LogP contribution in [0.2, 0.25) is 0 Å². The molecule has 2 amide bonds. The third-order valence-electron chi connectivity index (χ3n) is 1.30. The van der Waals surface area contributed by atoms with Crippen LogP contribution in [0, 0.1) is 5.39 Å². The van der Waals surface area contributed by atoms with Gasteiger partial charge in [0.05, 0.1) is 5.01 Å². The maximum atomic E-state index is 10.6. The van der Waals surface area contributed by atoms with E-state index in [0.29, 0.717) is 10.7 Å². The number of benzene rings is 1. The lowest BCUT2D eigenvalue weighted by Crippen LogP contribution is -2.29. The molecule has 0 atom stereocenters. The fourth-order valence-electron chi connectivity index (χ4n) is 0.792. The van der Waals surface area contributed by atoms with Crippen molar-refractivity contribution in [2.75, 3.05) is 5.01 Å². The molecule has 1 aromatic rings. The van der Waals surface area contributed by atoms with Gasteiger partial charge in [0.1, 0.15) is 5.69 Å². The summed E-state index contributed by atoms with van der Waals surface area (Å²) < 4.78 is 0. The lowest BCUT2D eigenvalue weighted by atomic mass is 10.3. The standard InChI is InChI=1S/C7H6N4O/c8-7(12)11(10-9)6-4-2-1-3-5-6/h1-5H,(H-,8,12)/p+1. The Hall–Kier alpha value is -2.09. The van der Waals surface area contributed by atoms with Crippen LogP contribution < -0.4 is 10.7 Å². The molecule has 0 aliphatic rings. The fourth-order valence-corrected chi connectivity index (χ4v) is 0.792. The smallest absolute Gasteiger partial charge is 0.346 e. The van der Waals surface area contributed by atoms with Gasteiger partial charge in [-0.3, -0.25) is 0 Å². The number of diazo groups is 1. The predicted octanol–water partition coefficient (Wildman–Crippen LogP) is 1.34. The predicted molar refractivity (Wildman–Crippen MR) is 43.6 cm³/mol. The molecular formula is C7H7N4O+. The van der Waals surface area contributed by atoms with E-state index >= 15 is 0 Å². The lowest BCUT2D eigenvalue weighted by molar-refractivity contribution is 0.255. The van der Waals surface area contributed by atoms with Gasteiger partial charge in [0.15, 0.2) is 0 Å². The average molecular weight is 163 g/mol. The number of para-hydroxylation sites is 1. The summed E-state index contributed by atoms with van der Waals surface area (Å²) in [5.41, 5.74) is 5.34. The molecular weight excluding hydrogens is 156 g/mol. The van der Waals surface area contributed by atoms with Crippen LogP contribution in [0.15, 0.2) is 30.3 Å². The molecule has 12 heavy (non-hydrogen) atoms. The summed E-state index contributed by atoms with van der Waals surface area (Å²) in [5, 5.41) is 11.8. The summed E-state index contributed by atoms with van der Waals surface area (Å²) in [5.74, 6) is 0. The molecule has 0 spiro atoms. The van der Waals surface area contributed by atoms with Gasteiger partial charge in [0.25, 0.3) is 5.39 Å². The van der Waals surface area contributed by atoms with Gasteiger partial charge >= 0.3 is 11.1 Å². The highest BCUT2D eigenvalue weighted by atomic mass is 16.2. The third kappa shape index (κ3) is 1.49. The number of hydrogen-bond donors (Lipinski definition) is 1. The Bertz CT molecular complexity index is 316. The summed E-state index contributed by atoms with van der Waals surface area (Å²) in [7, 11) is 0. The first-order valence-corrected chi connectivity index (χ1v) is 3.25. The Morgan fingerprint density at radius 1 is 1.42 bits per heavy atom. The van der Waals surface area contributed by atoms with E-state index < -0.39 is 6.03 Å². The van der Waals surface area contributed by atoms with Crippen molar-refractivity contribution in [3.05, 3.63) is 35.4 Å². The van der Waals surface area contributed by atoms with Gasteiger partial charge in [-0.1, -0.05) is 18.2 Å². The van der Waals surface area contributed by atoms with Crippen LogP contribution in [0.25, 0.3) is 5.08 Å². The average Bonchev–Trinajstić information content (AvgIpc) is 2.07. The number of amides is 2. The topological polar surface area (TPSA) is 74.5 Å². The molecule has 0 aliphatic heterocycles. The van der Waals surface area contributed by atoms with Gasteiger partial charge in [-0.05, 0) is 12.1 Å². The summed E-state index contributed by atoms with van der Waals surface area (Å²) in [4.78, 5) is 10.6. The number of hydrogen-bond acceptors (Lipinski definition) is 2. The van der Waals surface area contributed by atoms with Gasteiger partial charge < -0.3 is 5.73 Å². The molecule has 0 saturated carbocycles. The van der Waals surface area contributed by atoms with Crippen LogP contribution >= 0.6 is 0 Å². The number of urea groups is 1. The zero-order valence-corrected chi connectivity index (χ0v) is 6.21. The molecule has 0 fully saturated rings. The maximum Gasteiger partial charge on any atom is 0.394 e. The molecule has 1 rings (SSSR count). The van der Waals surface area contributed by atoms with E-state index in [0.717, 1.165) is 0 Å². The van der Waals surface area contributed by atoms with E-state index in [1.54, 1.807) is 30.3 Å². The molecule has 5 heteroatoms. The van der Waals surface area contributed by atoms with Crippen molar-refractivity contribution in [2.24, 2.45) is 5.73 Å². The zero-order chi connectivity index (χ0) is 8.97. The second-order valence-electron chi connectivity index (χ2n) is 2.08. The molecule has 0 saturated heterocycles. The maximum absolute atomic E-state index is 10.6. The largest absolute Gasteiger partial charge is 0.394 e. The highest BCUT2D eigenvalue weighted by molar-refractivity contribution is 5.91. The Labute approximate surface area is 69.0 Å². The second-order valence-corrected chi connectivity index (χ2v) is 2.08. The normalized spacial score (nSPS) is 8.58. The van der Waals surface area contributed by atoms with Gasteiger partial charge in [0.2, 0.25) is 0 Å². The zero-order valence-electron chi connectivity index (χ0n) is 6.21. The van der Waals surface area contributed by atoms with E-state index in [9.17, 15) is 4.79 Å². The molecule has 0 radical (unpaired) electrons. The van der Waals surface area contributed by atoms with Crippen LogP contribution in [-0.4, -0.2) is 6.03 Å². The van der Waals surface area contributed by atoms with Gasteiger partial charge in [0, 0.05) is 0 Å². The lowest BCUT2D eigenvalue weighted by Gasteiger charge is -1.96. The summed E-state index contributed by atoms with van der Waals surface area (Å²) in [6, 6.07) is 7.56. The Kier molecular flexibility index (Phi) is 2.23. The second kappa shape index (κ2) is 3.34. The SMILES string of the molecule is N#[N+]N(C(N)=O)c1ccccc1. The number of anilines is 1. The minimum absolute atomic E-state index is 0.424. The number of primary amides is 1. The molecule has 0 aliphatic carbocycles. The minimum atomic E-state index is -0.830. The van der Waals surface area contributed by atoms with Crippen LogP contribution in [-0.2, 0) is 0 Å². The highest BCUT2D eigenvalue weighted by Gasteiger charge is 2.22. The van der Waals surface area contributed by atoms with E-state index in [1.165, 1.54) is 0 Å². The number of rotatable bonds is 1. The Morgan fingerprint density at radius 3 is 2.42 bits per heavy atom. The van der Waals surface area contributed by atoms with Crippen molar-refractivity contribution in [3.63, 3.8) is 0 Å². The number of nitrogens with zero attached hydrogens (tertiary/aromatic N) is 3. The van der Waals surface area contributed by atoms with Crippen molar-refractivity contribution in [1.82, 2.24) is 0 Å². The summed E-state index contributed by atoms with van der Waals surface area (Å²) >= 11 is 0. The third-order valence-corrected chi connectivity index (χ3v) is 1.30. The quantitative estimate of drug-likeness (QED) is 0.501. The number of nitrogens with two attached hydrogens (primary N) is 1. The van der Waals surface area contributed by atoms with Gasteiger partial charge in [-0.2, -0.15) is 0 Å². The van der Waals surface area contributed by atoms with Crippen LogP contribution in [0.5, 0.6) is 0 Å². The molecule has 0 unspecified atom stereocenters. The van der Waals surface area contributed by atoms with Gasteiger partial charge in [-0.15, -0.1) is 0 Å². The van der Waals surface area contributed by atoms with E-state index in [4.69, 9.17) is 11.1 Å². The van der Waals surface area contributed by atoms with Crippen molar-refractivity contribution >= 4 is 11.7 Å². The first kappa shape index (κ1) is 8.01. The molecule has 1 aromatic carbocycles. The van der Waals surface area contributed by atoms with Crippen LogP contribution in [0.4, 0.5) is 10.5 Å². The first-order valence-electron chi connectivity index (χ1n) is 3.25. The minimum Gasteiger partial charge on any atom is -0.346 e. The van der Waals surface area contributed by atoms with Crippen molar-refractivity contribution in [3.8, 4) is 0 Å². The Balaban J connectivity index is 2.98. The summed E-state index contributed by atoms with van der Waals surface area (Å²) in [6.45, 7) is 0. The van der Waals surface area contributed by atoms with E-state index in [-0.39, 0.29) is 0 Å². The highest BCUT2D eigenvalue weighted by Crippen LogP contribution is 2.12. The van der Waals surface area contributed by atoms with E-state index in [2.05, 4.69) is 5.08 Å². The summed E-state index contributed by atoms with van der Waals surface area (Å²) in [6.07, 6.45) is 0. The van der Waals surface area contributed by atoms with Crippen molar-refractivity contribution in [2.45, 2.75) is 0 Å². The van der Waals surface area contributed by atoms with Crippen molar-refractivity contribution < 1.29 is 4.79 Å². The van der Waals surface area contributed by atoms with Crippen LogP contribution in [0.1, 0.15) is 0 Å².